The standard InChI is InChI=1S/C28H30FN3O4/c1-15-10-20(4-5-22(15)29)32-24-12-19-14-30-31-23(19)13-21(24)25(26(32)16-6-8-36-9-7-16)17-2-3-18(11-17)27(33)28(34)35/h4-5,10,12-14,16-18,33-35H,2-3,6-9,11H2,1H3,(H,30,31)/t17-,18?/m1/s1. The van der Waals surface area contributed by atoms with Gasteiger partial charge in [-0.2, -0.15) is 5.10 Å². The maximum atomic E-state index is 14.3. The number of rotatable bonds is 4. The Morgan fingerprint density at radius 2 is 1.86 bits per heavy atom. The Bertz CT molecular complexity index is 1480. The summed E-state index contributed by atoms with van der Waals surface area (Å²) in [6.07, 6.45) is 5.70. The second-order valence-corrected chi connectivity index (χ2v) is 10.2. The summed E-state index contributed by atoms with van der Waals surface area (Å²) in [6, 6.07) is 9.55. The fourth-order valence-electron chi connectivity index (χ4n) is 6.29. The highest BCUT2D eigenvalue weighted by molar-refractivity contribution is 5.99. The van der Waals surface area contributed by atoms with Crippen molar-refractivity contribution < 1.29 is 24.4 Å². The van der Waals surface area contributed by atoms with Crippen LogP contribution in [0.3, 0.4) is 0 Å². The highest BCUT2D eigenvalue weighted by atomic mass is 19.1. The van der Waals surface area contributed by atoms with E-state index in [0.29, 0.717) is 31.6 Å². The molecular weight excluding hydrogens is 461 g/mol. The number of aliphatic hydroxyl groups is 3. The number of aliphatic hydroxyl groups excluding tert-OH is 2. The Kier molecular flexibility index (Phi) is 5.63. The third kappa shape index (κ3) is 3.71. The molecule has 2 aromatic carbocycles. The Labute approximate surface area is 207 Å². The van der Waals surface area contributed by atoms with Crippen LogP contribution in [0.5, 0.6) is 0 Å². The van der Waals surface area contributed by atoms with E-state index < -0.39 is 5.95 Å². The van der Waals surface area contributed by atoms with Crippen LogP contribution in [-0.4, -0.2) is 43.3 Å². The van der Waals surface area contributed by atoms with E-state index in [2.05, 4.69) is 26.9 Å². The van der Waals surface area contributed by atoms with Crippen LogP contribution >= 0.6 is 0 Å². The maximum Gasteiger partial charge on any atom is 0.313 e. The third-order valence-electron chi connectivity index (χ3n) is 8.07. The molecule has 6 rings (SSSR count). The molecule has 1 aliphatic heterocycles. The Balaban J connectivity index is 1.63. The number of halogens is 1. The highest BCUT2D eigenvalue weighted by Crippen LogP contribution is 2.49. The fraction of sp³-hybridized carbons (Fsp3) is 0.393. The molecule has 4 aromatic rings. The van der Waals surface area contributed by atoms with Crippen molar-refractivity contribution in [2.75, 3.05) is 13.2 Å². The number of H-pyrrole nitrogens is 1. The molecule has 1 saturated heterocycles. The number of hydrogen-bond acceptors (Lipinski definition) is 5. The maximum absolute atomic E-state index is 14.3. The van der Waals surface area contributed by atoms with E-state index in [0.717, 1.165) is 46.8 Å². The number of fused-ring (bicyclic) bond motifs is 2. The molecule has 2 atom stereocenters. The van der Waals surface area contributed by atoms with Crippen molar-refractivity contribution in [1.29, 1.82) is 0 Å². The molecule has 0 spiro atoms. The van der Waals surface area contributed by atoms with Gasteiger partial charge in [0.2, 0.25) is 0 Å². The van der Waals surface area contributed by atoms with Gasteiger partial charge < -0.3 is 24.6 Å². The first-order chi connectivity index (χ1) is 17.4. The Morgan fingerprint density at radius 1 is 1.06 bits per heavy atom. The molecule has 2 aromatic heterocycles. The number of allylic oxidation sites excluding steroid dienone is 1. The average molecular weight is 492 g/mol. The van der Waals surface area contributed by atoms with Gasteiger partial charge in [0.1, 0.15) is 5.82 Å². The van der Waals surface area contributed by atoms with E-state index in [1.807, 2.05) is 18.3 Å². The van der Waals surface area contributed by atoms with Gasteiger partial charge in [-0.25, -0.2) is 4.39 Å². The van der Waals surface area contributed by atoms with Crippen molar-refractivity contribution in [3.8, 4) is 5.69 Å². The summed E-state index contributed by atoms with van der Waals surface area (Å²) in [4.78, 5) is 0. The summed E-state index contributed by atoms with van der Waals surface area (Å²) in [6.45, 7) is 3.16. The van der Waals surface area contributed by atoms with Crippen LogP contribution < -0.4 is 0 Å². The lowest BCUT2D eigenvalue weighted by molar-refractivity contribution is 0.0840. The van der Waals surface area contributed by atoms with Gasteiger partial charge in [0, 0.05) is 47.2 Å². The molecule has 4 N–H and O–H groups in total. The molecule has 1 aliphatic carbocycles. The lowest BCUT2D eigenvalue weighted by atomic mass is 9.86. The van der Waals surface area contributed by atoms with Crippen molar-refractivity contribution in [2.24, 2.45) is 5.92 Å². The zero-order valence-electron chi connectivity index (χ0n) is 20.2. The third-order valence-corrected chi connectivity index (χ3v) is 8.07. The van der Waals surface area contributed by atoms with E-state index >= 15 is 0 Å². The topological polar surface area (TPSA) is 104 Å². The monoisotopic (exact) mass is 491 g/mol. The molecule has 2 aliphatic rings. The lowest BCUT2D eigenvalue weighted by Crippen LogP contribution is -2.19. The van der Waals surface area contributed by atoms with E-state index in [-0.39, 0.29) is 29.3 Å². The first-order valence-corrected chi connectivity index (χ1v) is 12.6. The number of hydrogen-bond donors (Lipinski definition) is 4. The summed E-state index contributed by atoms with van der Waals surface area (Å²) in [7, 11) is 0. The SMILES string of the molecule is Cc1cc(-n2c(C3CCOCC3)c([C@@H]3CCC(C(O)=C(O)O)C3)c3cc4[nH]ncc4cc32)ccc1F. The van der Waals surface area contributed by atoms with Gasteiger partial charge in [-0.1, -0.05) is 0 Å². The number of benzene rings is 2. The number of nitrogens with one attached hydrogen (secondary N) is 1. The number of aryl methyl sites for hydroxylation is 1. The van der Waals surface area contributed by atoms with Crippen molar-refractivity contribution in [3.63, 3.8) is 0 Å². The molecule has 188 valence electrons. The molecule has 0 bridgehead atoms. The molecule has 0 radical (unpaired) electrons. The Morgan fingerprint density at radius 3 is 2.61 bits per heavy atom. The minimum atomic E-state index is -0.992. The van der Waals surface area contributed by atoms with Gasteiger partial charge >= 0.3 is 5.95 Å². The Hall–Kier alpha value is -3.52. The normalized spacial score (nSPS) is 20.9. The summed E-state index contributed by atoms with van der Waals surface area (Å²) < 4.78 is 22.3. The summed E-state index contributed by atoms with van der Waals surface area (Å²) in [5.74, 6) is -1.47. The average Bonchev–Trinajstić information content (AvgIpc) is 3.61. The predicted molar refractivity (Wildman–Crippen MR) is 135 cm³/mol. The second-order valence-electron chi connectivity index (χ2n) is 10.2. The smallest absolute Gasteiger partial charge is 0.313 e. The first kappa shape index (κ1) is 22.9. The second kappa shape index (κ2) is 8.85. The molecule has 8 heteroatoms. The van der Waals surface area contributed by atoms with Crippen LogP contribution in [-0.2, 0) is 4.74 Å². The quantitative estimate of drug-likeness (QED) is 0.242. The van der Waals surface area contributed by atoms with E-state index in [1.165, 1.54) is 17.3 Å². The van der Waals surface area contributed by atoms with Crippen LogP contribution in [0, 0.1) is 18.7 Å². The van der Waals surface area contributed by atoms with Gasteiger partial charge in [-0.15, -0.1) is 0 Å². The van der Waals surface area contributed by atoms with Gasteiger partial charge in [-0.3, -0.25) is 5.10 Å². The largest absolute Gasteiger partial charge is 0.505 e. The van der Waals surface area contributed by atoms with Crippen molar-refractivity contribution in [2.45, 2.75) is 50.9 Å². The van der Waals surface area contributed by atoms with Gasteiger partial charge in [0.15, 0.2) is 5.76 Å². The van der Waals surface area contributed by atoms with Crippen LogP contribution in [0.1, 0.15) is 60.8 Å². The van der Waals surface area contributed by atoms with E-state index in [4.69, 9.17) is 4.74 Å². The van der Waals surface area contributed by atoms with Crippen LogP contribution in [0.4, 0.5) is 4.39 Å². The zero-order valence-corrected chi connectivity index (χ0v) is 20.2. The minimum Gasteiger partial charge on any atom is -0.505 e. The molecule has 0 amide bonds. The molecule has 3 heterocycles. The highest BCUT2D eigenvalue weighted by Gasteiger charge is 2.36. The molecule has 7 nitrogen and oxygen atoms in total. The number of nitrogens with zero attached hydrogens (tertiary/aromatic N) is 2. The van der Waals surface area contributed by atoms with Gasteiger partial charge in [-0.05, 0) is 86.4 Å². The van der Waals surface area contributed by atoms with Gasteiger partial charge in [0.05, 0.1) is 17.2 Å². The van der Waals surface area contributed by atoms with Crippen molar-refractivity contribution >= 4 is 21.8 Å². The molecule has 1 saturated carbocycles. The number of aromatic amines is 1. The molecule has 1 unspecified atom stereocenters. The molecular formula is C28H30FN3O4. The number of aromatic nitrogens is 3. The summed E-state index contributed by atoms with van der Waals surface area (Å²) in [5, 5.41) is 38.7. The van der Waals surface area contributed by atoms with E-state index in [1.54, 1.807) is 6.92 Å². The lowest BCUT2D eigenvalue weighted by Gasteiger charge is -2.27. The van der Waals surface area contributed by atoms with E-state index in [9.17, 15) is 19.7 Å². The first-order valence-electron chi connectivity index (χ1n) is 12.6. The fourth-order valence-corrected chi connectivity index (χ4v) is 6.29. The van der Waals surface area contributed by atoms with Gasteiger partial charge in [0.25, 0.3) is 0 Å². The van der Waals surface area contributed by atoms with Crippen molar-refractivity contribution in [1.82, 2.24) is 14.8 Å². The van der Waals surface area contributed by atoms with Crippen LogP contribution in [0.2, 0.25) is 0 Å². The molecule has 36 heavy (non-hydrogen) atoms. The molecule has 2 fully saturated rings. The zero-order chi connectivity index (χ0) is 25.0. The predicted octanol–water partition coefficient (Wildman–Crippen LogP) is 6.58. The number of ether oxygens (including phenoxy) is 1. The summed E-state index contributed by atoms with van der Waals surface area (Å²) >= 11 is 0. The summed E-state index contributed by atoms with van der Waals surface area (Å²) in [5.41, 5.74) is 5.93. The van der Waals surface area contributed by atoms with Crippen LogP contribution in [0.25, 0.3) is 27.5 Å². The van der Waals surface area contributed by atoms with Crippen molar-refractivity contribution in [3.05, 3.63) is 70.9 Å². The van der Waals surface area contributed by atoms with Crippen LogP contribution in [0.15, 0.2) is 48.2 Å². The minimum absolute atomic E-state index is 0.125.